The number of fused-ring (bicyclic) bond motifs is 1. The van der Waals surface area contributed by atoms with E-state index in [0.29, 0.717) is 0 Å². The average Bonchev–Trinajstić information content (AvgIpc) is 2.64. The third-order valence-corrected chi connectivity index (χ3v) is 4.18. The first-order valence-corrected chi connectivity index (χ1v) is 6.66. The molecule has 3 heteroatoms. The van der Waals surface area contributed by atoms with Gasteiger partial charge in [0.15, 0.2) is 0 Å². The van der Waals surface area contributed by atoms with Gasteiger partial charge in [-0.2, -0.15) is 0 Å². The van der Waals surface area contributed by atoms with Gasteiger partial charge in [-0.25, -0.2) is 0 Å². The molecule has 0 saturated heterocycles. The number of carbonyl (C=O) groups excluding carboxylic acids is 1. The van der Waals surface area contributed by atoms with Crippen molar-refractivity contribution < 1.29 is 4.79 Å². The number of amides is 1. The molecule has 0 N–H and O–H groups in total. The van der Waals surface area contributed by atoms with E-state index < -0.39 is 0 Å². The van der Waals surface area contributed by atoms with Gasteiger partial charge in [0, 0.05) is 16.8 Å². The maximum Gasteiger partial charge on any atom is 0.228 e. The monoisotopic (exact) mass is 237 g/mol. The zero-order chi connectivity index (χ0) is 11.9. The molecule has 0 spiro atoms. The van der Waals surface area contributed by atoms with E-state index in [1.54, 1.807) is 0 Å². The highest BCUT2D eigenvalue weighted by Crippen LogP contribution is 2.35. The van der Waals surface area contributed by atoms with E-state index in [4.69, 9.17) is 0 Å². The second-order valence-electron chi connectivity index (χ2n) is 5.47. The third-order valence-electron chi connectivity index (χ3n) is 3.18. The van der Waals surface area contributed by atoms with E-state index in [9.17, 15) is 4.79 Å². The van der Waals surface area contributed by atoms with Crippen molar-refractivity contribution in [3.63, 3.8) is 0 Å². The minimum atomic E-state index is -0.276. The molecule has 0 aliphatic carbocycles. The number of hydrogen-bond acceptors (Lipinski definition) is 2. The van der Waals surface area contributed by atoms with Crippen LogP contribution in [0.2, 0.25) is 0 Å². The fourth-order valence-electron chi connectivity index (χ4n) is 2.22. The summed E-state index contributed by atoms with van der Waals surface area (Å²) in [5.74, 6) is 0.261. The van der Waals surface area contributed by atoms with E-state index >= 15 is 0 Å². The Labute approximate surface area is 101 Å². The average molecular weight is 237 g/mol. The zero-order valence-electron chi connectivity index (χ0n) is 10.4. The fourth-order valence-corrected chi connectivity index (χ4v) is 3.18. The number of hydrogen-bond donors (Lipinski definition) is 0. The largest absolute Gasteiger partial charge is 0.335 e. The number of thiophene rings is 1. The summed E-state index contributed by atoms with van der Waals surface area (Å²) in [5.41, 5.74) is 1.07. The first kappa shape index (κ1) is 11.6. The molecule has 1 atom stereocenters. The van der Waals surface area contributed by atoms with Gasteiger partial charge < -0.3 is 4.90 Å². The van der Waals surface area contributed by atoms with Crippen molar-refractivity contribution in [2.45, 2.75) is 40.2 Å². The van der Waals surface area contributed by atoms with Crippen molar-refractivity contribution in [3.8, 4) is 0 Å². The lowest BCUT2D eigenvalue weighted by molar-refractivity contribution is -0.142. The van der Waals surface area contributed by atoms with Crippen molar-refractivity contribution in [2.75, 3.05) is 6.54 Å². The summed E-state index contributed by atoms with van der Waals surface area (Å²) in [7, 11) is 0. The Kier molecular flexibility index (Phi) is 2.82. The summed E-state index contributed by atoms with van der Waals surface area (Å²) in [5, 5.41) is 2.13. The summed E-state index contributed by atoms with van der Waals surface area (Å²) in [4.78, 5) is 15.8. The Hall–Kier alpha value is -0.830. The third kappa shape index (κ3) is 1.88. The number of rotatable bonds is 0. The molecule has 0 aromatic carbocycles. The molecule has 1 aliphatic rings. The standard InChI is InChI=1S/C13H19NOS/c1-9-10-6-8-16-11(10)5-7-14(9)12(15)13(2,3)4/h6,8-9H,5,7H2,1-4H3. The summed E-state index contributed by atoms with van der Waals surface area (Å²) >= 11 is 1.81. The van der Waals surface area contributed by atoms with Gasteiger partial charge in [0.2, 0.25) is 5.91 Å². The van der Waals surface area contributed by atoms with Gasteiger partial charge in [-0.15, -0.1) is 11.3 Å². The lowest BCUT2D eigenvalue weighted by Crippen LogP contribution is -2.44. The maximum atomic E-state index is 12.3. The molecule has 1 aromatic rings. The van der Waals surface area contributed by atoms with Crippen LogP contribution in [0.25, 0.3) is 0 Å². The van der Waals surface area contributed by atoms with Crippen LogP contribution in [0.1, 0.15) is 44.2 Å². The van der Waals surface area contributed by atoms with E-state index in [1.807, 2.05) is 37.0 Å². The number of nitrogens with zero attached hydrogens (tertiary/aromatic N) is 1. The molecule has 0 radical (unpaired) electrons. The van der Waals surface area contributed by atoms with Gasteiger partial charge in [0.25, 0.3) is 0 Å². The smallest absolute Gasteiger partial charge is 0.228 e. The summed E-state index contributed by atoms with van der Waals surface area (Å²) in [6.45, 7) is 8.97. The predicted molar refractivity (Wildman–Crippen MR) is 67.6 cm³/mol. The minimum Gasteiger partial charge on any atom is -0.335 e. The van der Waals surface area contributed by atoms with E-state index in [2.05, 4.69) is 18.4 Å². The molecule has 2 heterocycles. The van der Waals surface area contributed by atoms with Gasteiger partial charge in [0.05, 0.1) is 6.04 Å². The van der Waals surface area contributed by atoms with Crippen LogP contribution in [0.15, 0.2) is 11.4 Å². The van der Waals surface area contributed by atoms with Gasteiger partial charge in [0.1, 0.15) is 0 Å². The highest BCUT2D eigenvalue weighted by molar-refractivity contribution is 7.10. The Balaban J connectivity index is 2.25. The molecule has 1 aromatic heterocycles. The molecule has 16 heavy (non-hydrogen) atoms. The van der Waals surface area contributed by atoms with Gasteiger partial charge in [-0.1, -0.05) is 20.8 Å². The normalized spacial score (nSPS) is 20.8. The molecule has 88 valence electrons. The van der Waals surface area contributed by atoms with Crippen LogP contribution in [0, 0.1) is 5.41 Å². The van der Waals surface area contributed by atoms with Gasteiger partial charge in [-0.05, 0) is 30.4 Å². The topological polar surface area (TPSA) is 20.3 Å². The molecule has 0 fully saturated rings. The molecule has 2 rings (SSSR count). The Morgan fingerprint density at radius 1 is 1.50 bits per heavy atom. The van der Waals surface area contributed by atoms with Crippen LogP contribution >= 0.6 is 11.3 Å². The first-order chi connectivity index (χ1) is 7.41. The molecule has 2 nitrogen and oxygen atoms in total. The van der Waals surface area contributed by atoms with E-state index in [-0.39, 0.29) is 17.4 Å². The predicted octanol–water partition coefficient (Wildman–Crippen LogP) is 3.24. The second kappa shape index (κ2) is 3.88. The maximum absolute atomic E-state index is 12.3. The number of carbonyl (C=O) groups is 1. The molecule has 1 unspecified atom stereocenters. The summed E-state index contributed by atoms with van der Waals surface area (Å²) < 4.78 is 0. The van der Waals surface area contributed by atoms with E-state index in [0.717, 1.165) is 13.0 Å². The molecular weight excluding hydrogens is 218 g/mol. The van der Waals surface area contributed by atoms with Gasteiger partial charge >= 0.3 is 0 Å². The fraction of sp³-hybridized carbons (Fsp3) is 0.615. The van der Waals surface area contributed by atoms with Crippen molar-refractivity contribution in [1.82, 2.24) is 4.90 Å². The zero-order valence-corrected chi connectivity index (χ0v) is 11.2. The second-order valence-corrected chi connectivity index (χ2v) is 6.47. The van der Waals surface area contributed by atoms with Crippen molar-refractivity contribution in [3.05, 3.63) is 21.9 Å². The Bertz CT molecular complexity index is 402. The van der Waals surface area contributed by atoms with Crippen LogP contribution in [0.4, 0.5) is 0 Å². The van der Waals surface area contributed by atoms with Crippen molar-refractivity contribution in [2.24, 2.45) is 5.41 Å². The van der Waals surface area contributed by atoms with Gasteiger partial charge in [-0.3, -0.25) is 4.79 Å². The quantitative estimate of drug-likeness (QED) is 0.678. The van der Waals surface area contributed by atoms with E-state index in [1.165, 1.54) is 10.4 Å². The van der Waals surface area contributed by atoms with Crippen LogP contribution in [0.3, 0.4) is 0 Å². The van der Waals surface area contributed by atoms with Crippen LogP contribution in [-0.2, 0) is 11.2 Å². The highest BCUT2D eigenvalue weighted by atomic mass is 32.1. The molecule has 1 amide bonds. The van der Waals surface area contributed by atoms with Crippen molar-refractivity contribution >= 4 is 17.2 Å². The molecular formula is C13H19NOS. The minimum absolute atomic E-state index is 0.238. The van der Waals surface area contributed by atoms with Crippen LogP contribution in [-0.4, -0.2) is 17.4 Å². The molecule has 1 aliphatic heterocycles. The SMILES string of the molecule is CC1c2ccsc2CCN1C(=O)C(C)(C)C. The van der Waals surface area contributed by atoms with Crippen LogP contribution < -0.4 is 0 Å². The highest BCUT2D eigenvalue weighted by Gasteiger charge is 2.33. The first-order valence-electron chi connectivity index (χ1n) is 5.78. The summed E-state index contributed by atoms with van der Waals surface area (Å²) in [6.07, 6.45) is 1.01. The Morgan fingerprint density at radius 3 is 2.81 bits per heavy atom. The summed E-state index contributed by atoms with van der Waals surface area (Å²) in [6, 6.07) is 2.40. The van der Waals surface area contributed by atoms with Crippen LogP contribution in [0.5, 0.6) is 0 Å². The Morgan fingerprint density at radius 2 is 2.19 bits per heavy atom. The lowest BCUT2D eigenvalue weighted by Gasteiger charge is -2.37. The lowest BCUT2D eigenvalue weighted by atomic mass is 9.91. The molecule has 0 saturated carbocycles. The van der Waals surface area contributed by atoms with Crippen molar-refractivity contribution in [1.29, 1.82) is 0 Å². The molecule has 0 bridgehead atoms.